The predicted molar refractivity (Wildman–Crippen MR) is 114 cm³/mol. The molecule has 1 N–H and O–H groups in total. The van der Waals surface area contributed by atoms with E-state index in [-0.39, 0.29) is 0 Å². The van der Waals surface area contributed by atoms with Gasteiger partial charge >= 0.3 is 0 Å². The number of rotatable bonds is 6. The molecule has 0 spiro atoms. The highest BCUT2D eigenvalue weighted by atomic mass is 16.2. The Morgan fingerprint density at radius 3 is 2.11 bits per heavy atom. The molecule has 3 aromatic carbocycles. The molecular formula is C23H26N2O2. The van der Waals surface area contributed by atoms with Gasteiger partial charge in [-0.15, -0.1) is 0 Å². The third-order valence-corrected chi connectivity index (χ3v) is 5.30. The summed E-state index contributed by atoms with van der Waals surface area (Å²) in [6.07, 6.45) is 0. The molecule has 0 fully saturated rings. The summed E-state index contributed by atoms with van der Waals surface area (Å²) in [5, 5.41) is 3.20. The summed E-state index contributed by atoms with van der Waals surface area (Å²) in [7, 11) is 0. The van der Waals surface area contributed by atoms with E-state index in [0.717, 1.165) is 46.7 Å². The number of aryl methyl sites for hydroxylation is 3. The van der Waals surface area contributed by atoms with Crippen LogP contribution < -0.4 is 21.1 Å². The van der Waals surface area contributed by atoms with Crippen LogP contribution in [0.1, 0.15) is 30.5 Å². The second kappa shape index (κ2) is 7.39. The van der Waals surface area contributed by atoms with Gasteiger partial charge in [-0.1, -0.05) is 18.2 Å². The van der Waals surface area contributed by atoms with Crippen molar-refractivity contribution in [2.45, 2.75) is 34.6 Å². The zero-order chi connectivity index (χ0) is 19.7. The maximum atomic E-state index is 12.2. The zero-order valence-electron chi connectivity index (χ0n) is 16.6. The van der Waals surface area contributed by atoms with Crippen molar-refractivity contribution < 1.29 is 0 Å². The highest BCUT2D eigenvalue weighted by Gasteiger charge is 2.23. The first-order valence-electron chi connectivity index (χ1n) is 9.40. The van der Waals surface area contributed by atoms with Crippen LogP contribution in [0.2, 0.25) is 0 Å². The van der Waals surface area contributed by atoms with Gasteiger partial charge in [0.25, 0.3) is 5.43 Å². The van der Waals surface area contributed by atoms with E-state index in [1.54, 1.807) is 0 Å². The van der Waals surface area contributed by atoms with Crippen LogP contribution in [0.4, 0.5) is 17.1 Å². The largest absolute Gasteiger partial charge is 0.372 e. The average Bonchev–Trinajstić information content (AvgIpc) is 2.66. The van der Waals surface area contributed by atoms with Crippen molar-refractivity contribution in [1.29, 1.82) is 0 Å². The molecule has 0 aromatic heterocycles. The number of hydrogen-bond donors (Lipinski definition) is 1. The summed E-state index contributed by atoms with van der Waals surface area (Å²) >= 11 is 0. The molecule has 0 unspecified atom stereocenters. The first-order chi connectivity index (χ1) is 12.9. The van der Waals surface area contributed by atoms with Crippen LogP contribution in [0.15, 0.2) is 46.0 Å². The molecule has 0 aliphatic carbocycles. The van der Waals surface area contributed by atoms with E-state index < -0.39 is 10.9 Å². The van der Waals surface area contributed by atoms with Crippen molar-refractivity contribution in [1.82, 2.24) is 0 Å². The van der Waals surface area contributed by atoms with Gasteiger partial charge in [0.15, 0.2) is 0 Å². The Hall–Kier alpha value is -2.88. The maximum Gasteiger partial charge on any atom is 0.250 e. The predicted octanol–water partition coefficient (Wildman–Crippen LogP) is 4.46. The fourth-order valence-electron chi connectivity index (χ4n) is 3.39. The molecule has 0 saturated carbocycles. The highest BCUT2D eigenvalue weighted by molar-refractivity contribution is 5.85. The number of benzene rings is 2. The van der Waals surface area contributed by atoms with Gasteiger partial charge in [-0.25, -0.2) is 0 Å². The maximum absolute atomic E-state index is 12.2. The first-order valence-corrected chi connectivity index (χ1v) is 9.40. The Labute approximate surface area is 160 Å². The standard InChI is InChI=1S/C23H26N2O2/c1-6-25(7-2)18-10-11-19(16(5)13-18)24-21-20(22(26)23(21)27)17-9-8-14(3)15(4)12-17/h8-13,24H,6-7H2,1-5H3. The van der Waals surface area contributed by atoms with Gasteiger partial charge in [0.1, 0.15) is 5.69 Å². The molecule has 3 aromatic rings. The quantitative estimate of drug-likeness (QED) is 0.658. The fraction of sp³-hybridized carbons (Fsp3) is 0.304. The second-order valence-corrected chi connectivity index (χ2v) is 7.00. The lowest BCUT2D eigenvalue weighted by Crippen LogP contribution is -2.35. The number of nitrogens with zero attached hydrogens (tertiary/aromatic N) is 1. The van der Waals surface area contributed by atoms with E-state index in [0.29, 0.717) is 11.3 Å². The summed E-state index contributed by atoms with van der Waals surface area (Å²) in [5.41, 5.74) is 6.11. The lowest BCUT2D eigenvalue weighted by atomic mass is 9.95. The minimum Gasteiger partial charge on any atom is -0.372 e. The summed E-state index contributed by atoms with van der Waals surface area (Å²) in [6, 6.07) is 12.0. The molecule has 4 nitrogen and oxygen atoms in total. The third-order valence-electron chi connectivity index (χ3n) is 5.30. The molecule has 4 heteroatoms. The molecule has 0 heterocycles. The normalized spacial score (nSPS) is 11.0. The van der Waals surface area contributed by atoms with Crippen LogP contribution in [0.3, 0.4) is 0 Å². The van der Waals surface area contributed by atoms with Crippen LogP contribution >= 0.6 is 0 Å². The molecule has 0 atom stereocenters. The topological polar surface area (TPSA) is 49.4 Å². The minimum atomic E-state index is -0.449. The number of anilines is 3. The third kappa shape index (κ3) is 3.39. The Morgan fingerprint density at radius 2 is 1.52 bits per heavy atom. The molecular weight excluding hydrogens is 336 g/mol. The van der Waals surface area contributed by atoms with E-state index in [1.165, 1.54) is 0 Å². The van der Waals surface area contributed by atoms with Crippen molar-refractivity contribution in [2.24, 2.45) is 0 Å². The molecule has 0 aliphatic rings. The lowest BCUT2D eigenvalue weighted by Gasteiger charge is -2.23. The van der Waals surface area contributed by atoms with Gasteiger partial charge in [0.05, 0.1) is 5.56 Å². The summed E-state index contributed by atoms with van der Waals surface area (Å²) in [4.78, 5) is 26.7. The van der Waals surface area contributed by atoms with Crippen LogP contribution in [0.5, 0.6) is 0 Å². The van der Waals surface area contributed by atoms with E-state index in [9.17, 15) is 9.59 Å². The van der Waals surface area contributed by atoms with Gasteiger partial charge in [-0.3, -0.25) is 9.59 Å². The van der Waals surface area contributed by atoms with Crippen LogP contribution in [0, 0.1) is 20.8 Å². The molecule has 27 heavy (non-hydrogen) atoms. The fourth-order valence-corrected chi connectivity index (χ4v) is 3.39. The molecule has 0 aliphatic heterocycles. The van der Waals surface area contributed by atoms with Gasteiger partial charge < -0.3 is 10.2 Å². The Kier molecular flexibility index (Phi) is 5.17. The average molecular weight is 362 g/mol. The lowest BCUT2D eigenvalue weighted by molar-refractivity contribution is 0.866. The number of nitrogens with one attached hydrogen (secondary N) is 1. The van der Waals surface area contributed by atoms with E-state index >= 15 is 0 Å². The van der Waals surface area contributed by atoms with Crippen LogP contribution in [0.25, 0.3) is 11.1 Å². The van der Waals surface area contributed by atoms with Gasteiger partial charge in [-0.2, -0.15) is 0 Å². The smallest absolute Gasteiger partial charge is 0.250 e. The van der Waals surface area contributed by atoms with Gasteiger partial charge in [0.2, 0.25) is 5.43 Å². The highest BCUT2D eigenvalue weighted by Crippen LogP contribution is 2.30. The van der Waals surface area contributed by atoms with Crippen LogP contribution in [-0.4, -0.2) is 13.1 Å². The van der Waals surface area contributed by atoms with Crippen LogP contribution in [-0.2, 0) is 0 Å². The van der Waals surface area contributed by atoms with Crippen molar-refractivity contribution in [3.8, 4) is 11.1 Å². The minimum absolute atomic E-state index is 0.391. The molecule has 140 valence electrons. The molecule has 3 rings (SSSR count). The molecule has 0 amide bonds. The molecule has 0 bridgehead atoms. The number of hydrogen-bond acceptors (Lipinski definition) is 4. The van der Waals surface area contributed by atoms with Gasteiger partial charge in [0, 0.05) is 24.5 Å². The van der Waals surface area contributed by atoms with E-state index in [4.69, 9.17) is 0 Å². The Balaban J connectivity index is 1.96. The summed E-state index contributed by atoms with van der Waals surface area (Å²) in [5.74, 6) is 0. The van der Waals surface area contributed by atoms with E-state index in [2.05, 4.69) is 30.1 Å². The van der Waals surface area contributed by atoms with Gasteiger partial charge in [-0.05, 0) is 75.1 Å². The second-order valence-electron chi connectivity index (χ2n) is 7.00. The molecule has 0 saturated heterocycles. The summed E-state index contributed by atoms with van der Waals surface area (Å²) < 4.78 is 0. The SMILES string of the molecule is CCN(CC)c1ccc(Nc2c(-c3ccc(C)c(C)c3)c(=O)c2=O)c(C)c1. The Morgan fingerprint density at radius 1 is 0.815 bits per heavy atom. The summed E-state index contributed by atoms with van der Waals surface area (Å²) in [6.45, 7) is 12.2. The monoisotopic (exact) mass is 362 g/mol. The Bertz CT molecular complexity index is 1050. The van der Waals surface area contributed by atoms with Crippen molar-refractivity contribution in [2.75, 3.05) is 23.3 Å². The zero-order valence-corrected chi connectivity index (χ0v) is 16.6. The first kappa shape index (κ1) is 18.9. The molecule has 0 radical (unpaired) electrons. The van der Waals surface area contributed by atoms with Crippen molar-refractivity contribution in [3.63, 3.8) is 0 Å². The van der Waals surface area contributed by atoms with E-state index in [1.807, 2.05) is 51.1 Å². The van der Waals surface area contributed by atoms with Crippen molar-refractivity contribution in [3.05, 3.63) is 73.5 Å². The van der Waals surface area contributed by atoms with Crippen molar-refractivity contribution >= 4 is 17.1 Å².